The van der Waals surface area contributed by atoms with Crippen LogP contribution in [0.2, 0.25) is 0 Å². The fraction of sp³-hybridized carbons (Fsp3) is 0.278. The number of anilines is 1. The summed E-state index contributed by atoms with van der Waals surface area (Å²) in [5.41, 5.74) is 1.40. The van der Waals surface area contributed by atoms with Gasteiger partial charge in [-0.1, -0.05) is 11.8 Å². The fourth-order valence-corrected chi connectivity index (χ4v) is 3.23. The molecule has 27 heavy (non-hydrogen) atoms. The van der Waals surface area contributed by atoms with E-state index in [2.05, 4.69) is 15.5 Å². The van der Waals surface area contributed by atoms with Crippen LogP contribution in [0.5, 0.6) is 11.5 Å². The Morgan fingerprint density at radius 2 is 1.93 bits per heavy atom. The van der Waals surface area contributed by atoms with Crippen molar-refractivity contribution in [1.29, 1.82) is 0 Å². The smallest absolute Gasteiger partial charge is 0.277 e. The minimum atomic E-state index is -0.188. The highest BCUT2D eigenvalue weighted by atomic mass is 32.2. The first-order chi connectivity index (χ1) is 13.1. The molecule has 0 fully saturated rings. The highest BCUT2D eigenvalue weighted by Gasteiger charge is 2.16. The predicted octanol–water partition coefficient (Wildman–Crippen LogP) is 3.45. The maximum Gasteiger partial charge on any atom is 0.277 e. The van der Waals surface area contributed by atoms with Gasteiger partial charge in [-0.2, -0.15) is 0 Å². The molecule has 9 heteroatoms. The quantitative estimate of drug-likeness (QED) is 0.665. The van der Waals surface area contributed by atoms with E-state index in [-0.39, 0.29) is 11.7 Å². The van der Waals surface area contributed by atoms with Crippen molar-refractivity contribution in [1.82, 2.24) is 10.2 Å². The first kappa shape index (κ1) is 17.5. The van der Waals surface area contributed by atoms with Crippen LogP contribution in [0.4, 0.5) is 5.69 Å². The molecule has 0 saturated carbocycles. The van der Waals surface area contributed by atoms with Crippen molar-refractivity contribution in [2.24, 2.45) is 0 Å². The van der Waals surface area contributed by atoms with Gasteiger partial charge in [0.15, 0.2) is 11.5 Å². The molecule has 3 aromatic rings. The summed E-state index contributed by atoms with van der Waals surface area (Å²) in [5.74, 6) is 3.11. The molecular weight excluding hydrogens is 370 g/mol. The average Bonchev–Trinajstić information content (AvgIpc) is 3.25. The van der Waals surface area contributed by atoms with Gasteiger partial charge in [0.25, 0.3) is 11.1 Å². The maximum atomic E-state index is 12.2. The predicted molar refractivity (Wildman–Crippen MR) is 98.3 cm³/mol. The summed E-state index contributed by atoms with van der Waals surface area (Å²) < 4.78 is 22.0. The summed E-state index contributed by atoms with van der Waals surface area (Å²) >= 11 is 1.17. The molecule has 1 amide bonds. The number of fused-ring (bicyclic) bond motifs is 1. The molecule has 3 heterocycles. The largest absolute Gasteiger partial charge is 0.486 e. The number of aryl methyl sites for hydroxylation is 2. The van der Waals surface area contributed by atoms with Crippen LogP contribution in [0.25, 0.3) is 11.5 Å². The van der Waals surface area contributed by atoms with Gasteiger partial charge in [0.2, 0.25) is 5.91 Å². The number of benzene rings is 1. The second kappa shape index (κ2) is 7.36. The Labute approximate surface area is 159 Å². The number of rotatable bonds is 5. The molecule has 140 valence electrons. The number of hydrogen-bond donors (Lipinski definition) is 1. The molecule has 1 aromatic carbocycles. The summed E-state index contributed by atoms with van der Waals surface area (Å²) in [6, 6.07) is 7.12. The number of aromatic nitrogens is 2. The Hall–Kier alpha value is -2.94. The standard InChI is InChI=1S/C18H17N3O5S/c1-10-7-13(11(2)25-10)17-20-21-18(26-17)27-9-16(22)19-12-3-4-14-15(8-12)24-6-5-23-14/h3-4,7-8H,5-6,9H2,1-2H3,(H,19,22). The number of ether oxygens (including phenoxy) is 2. The van der Waals surface area contributed by atoms with Crippen LogP contribution in [0, 0.1) is 13.8 Å². The maximum absolute atomic E-state index is 12.2. The van der Waals surface area contributed by atoms with Crippen LogP contribution in [0.15, 0.2) is 38.3 Å². The van der Waals surface area contributed by atoms with Crippen LogP contribution in [-0.4, -0.2) is 35.1 Å². The molecule has 8 nitrogen and oxygen atoms in total. The fourth-order valence-electron chi connectivity index (χ4n) is 2.67. The van der Waals surface area contributed by atoms with Crippen molar-refractivity contribution in [3.05, 3.63) is 35.8 Å². The number of carbonyl (C=O) groups is 1. The zero-order valence-electron chi connectivity index (χ0n) is 14.8. The molecule has 1 aliphatic heterocycles. The van der Waals surface area contributed by atoms with E-state index < -0.39 is 0 Å². The molecule has 0 saturated heterocycles. The van der Waals surface area contributed by atoms with Crippen molar-refractivity contribution in [3.8, 4) is 23.0 Å². The molecule has 0 atom stereocenters. The first-order valence-corrected chi connectivity index (χ1v) is 9.30. The molecule has 2 aromatic heterocycles. The molecule has 0 spiro atoms. The lowest BCUT2D eigenvalue weighted by atomic mass is 10.2. The van der Waals surface area contributed by atoms with Crippen LogP contribution in [-0.2, 0) is 4.79 Å². The average molecular weight is 387 g/mol. The Bertz CT molecular complexity index is 981. The third kappa shape index (κ3) is 3.92. The van der Waals surface area contributed by atoms with E-state index in [0.717, 1.165) is 11.3 Å². The lowest BCUT2D eigenvalue weighted by molar-refractivity contribution is -0.113. The Kier molecular flexibility index (Phi) is 4.76. The van der Waals surface area contributed by atoms with E-state index in [1.165, 1.54) is 11.8 Å². The third-order valence-electron chi connectivity index (χ3n) is 3.83. The molecule has 0 unspecified atom stereocenters. The summed E-state index contributed by atoms with van der Waals surface area (Å²) in [6.45, 7) is 4.71. The van der Waals surface area contributed by atoms with Gasteiger partial charge in [-0.25, -0.2) is 0 Å². The number of thioether (sulfide) groups is 1. The van der Waals surface area contributed by atoms with Crippen molar-refractivity contribution < 1.29 is 23.1 Å². The molecule has 0 bridgehead atoms. The second-order valence-corrected chi connectivity index (χ2v) is 6.82. The van der Waals surface area contributed by atoms with Gasteiger partial charge >= 0.3 is 0 Å². The number of furan rings is 1. The van der Waals surface area contributed by atoms with E-state index >= 15 is 0 Å². The highest BCUT2D eigenvalue weighted by Crippen LogP contribution is 2.33. The minimum Gasteiger partial charge on any atom is -0.486 e. The molecule has 0 aliphatic carbocycles. The number of hydrogen-bond acceptors (Lipinski definition) is 8. The normalized spacial score (nSPS) is 12.8. The zero-order valence-corrected chi connectivity index (χ0v) is 15.6. The second-order valence-electron chi connectivity index (χ2n) is 5.90. The lowest BCUT2D eigenvalue weighted by Gasteiger charge is -2.18. The van der Waals surface area contributed by atoms with Gasteiger partial charge in [0, 0.05) is 11.8 Å². The van der Waals surface area contributed by atoms with Gasteiger partial charge in [-0.05, 0) is 32.0 Å². The first-order valence-electron chi connectivity index (χ1n) is 8.32. The Balaban J connectivity index is 1.35. The van der Waals surface area contributed by atoms with E-state index in [1.807, 2.05) is 19.9 Å². The SMILES string of the molecule is Cc1cc(-c2nnc(SCC(=O)Nc3ccc4c(c3)OCCO4)o2)c(C)o1. The van der Waals surface area contributed by atoms with Crippen LogP contribution >= 0.6 is 11.8 Å². The zero-order chi connectivity index (χ0) is 18.8. The summed E-state index contributed by atoms with van der Waals surface area (Å²) in [7, 11) is 0. The van der Waals surface area contributed by atoms with Gasteiger partial charge in [0.05, 0.1) is 11.3 Å². The van der Waals surface area contributed by atoms with E-state index in [1.54, 1.807) is 18.2 Å². The van der Waals surface area contributed by atoms with Crippen molar-refractivity contribution in [3.63, 3.8) is 0 Å². The summed E-state index contributed by atoms with van der Waals surface area (Å²) in [6.07, 6.45) is 0. The summed E-state index contributed by atoms with van der Waals surface area (Å²) in [5, 5.41) is 11.1. The highest BCUT2D eigenvalue weighted by molar-refractivity contribution is 7.99. The van der Waals surface area contributed by atoms with Crippen molar-refractivity contribution in [2.45, 2.75) is 19.1 Å². The van der Waals surface area contributed by atoms with Gasteiger partial charge < -0.3 is 23.6 Å². The monoisotopic (exact) mass is 387 g/mol. The van der Waals surface area contributed by atoms with E-state index in [0.29, 0.717) is 47.3 Å². The lowest BCUT2D eigenvalue weighted by Crippen LogP contribution is -2.17. The van der Waals surface area contributed by atoms with Crippen LogP contribution < -0.4 is 14.8 Å². The minimum absolute atomic E-state index is 0.138. The van der Waals surface area contributed by atoms with E-state index in [9.17, 15) is 4.79 Å². The summed E-state index contributed by atoms with van der Waals surface area (Å²) in [4.78, 5) is 12.2. The molecule has 4 rings (SSSR count). The number of nitrogens with zero attached hydrogens (tertiary/aromatic N) is 2. The van der Waals surface area contributed by atoms with Crippen LogP contribution in [0.3, 0.4) is 0 Å². The van der Waals surface area contributed by atoms with Gasteiger partial charge in [-0.3, -0.25) is 4.79 Å². The Morgan fingerprint density at radius 1 is 1.11 bits per heavy atom. The van der Waals surface area contributed by atoms with Crippen LogP contribution in [0.1, 0.15) is 11.5 Å². The van der Waals surface area contributed by atoms with Gasteiger partial charge in [-0.15, -0.1) is 10.2 Å². The number of nitrogens with one attached hydrogen (secondary N) is 1. The topological polar surface area (TPSA) is 99.6 Å². The number of amides is 1. The molecule has 1 N–H and O–H groups in total. The third-order valence-corrected chi connectivity index (χ3v) is 4.65. The van der Waals surface area contributed by atoms with Crippen molar-refractivity contribution >= 4 is 23.4 Å². The Morgan fingerprint density at radius 3 is 2.70 bits per heavy atom. The van der Waals surface area contributed by atoms with Crippen molar-refractivity contribution in [2.75, 3.05) is 24.3 Å². The van der Waals surface area contributed by atoms with E-state index in [4.69, 9.17) is 18.3 Å². The number of carbonyl (C=O) groups excluding carboxylic acids is 1. The van der Waals surface area contributed by atoms with Gasteiger partial charge in [0.1, 0.15) is 24.7 Å². The molecule has 1 aliphatic rings. The molecular formula is C18H17N3O5S. The molecule has 0 radical (unpaired) electrons.